The van der Waals surface area contributed by atoms with Crippen molar-refractivity contribution >= 4 is 50.5 Å². The van der Waals surface area contributed by atoms with Crippen LogP contribution >= 0.6 is 23.2 Å². The van der Waals surface area contributed by atoms with E-state index in [1.165, 1.54) is 30.3 Å². The number of hydrogen-bond donors (Lipinski definition) is 1. The van der Waals surface area contributed by atoms with Crippen LogP contribution in [-0.4, -0.2) is 20.9 Å². The SMILES string of the molecule is Cc1ccc(S(=O)(=O)N(CC(=O)Nc2ccccc2)c2cc(Cl)cc(Cl)c2)cc1. The molecule has 0 spiro atoms. The summed E-state index contributed by atoms with van der Waals surface area (Å²) in [5, 5.41) is 3.22. The lowest BCUT2D eigenvalue weighted by Gasteiger charge is -2.24. The number of para-hydroxylation sites is 1. The molecule has 1 amide bonds. The Morgan fingerprint density at radius 2 is 1.52 bits per heavy atom. The van der Waals surface area contributed by atoms with Crippen LogP contribution in [0.5, 0.6) is 0 Å². The van der Waals surface area contributed by atoms with E-state index in [9.17, 15) is 13.2 Å². The quantitative estimate of drug-likeness (QED) is 0.567. The van der Waals surface area contributed by atoms with Gasteiger partial charge in [-0.05, 0) is 49.4 Å². The van der Waals surface area contributed by atoms with Crippen LogP contribution in [0.4, 0.5) is 11.4 Å². The van der Waals surface area contributed by atoms with Gasteiger partial charge >= 0.3 is 0 Å². The van der Waals surface area contributed by atoms with Gasteiger partial charge in [0.25, 0.3) is 10.0 Å². The predicted molar refractivity (Wildman–Crippen MR) is 117 cm³/mol. The van der Waals surface area contributed by atoms with Crippen LogP contribution in [0.25, 0.3) is 0 Å². The van der Waals surface area contributed by atoms with E-state index in [0.717, 1.165) is 9.87 Å². The molecule has 0 fully saturated rings. The van der Waals surface area contributed by atoms with Gasteiger partial charge in [-0.25, -0.2) is 8.42 Å². The van der Waals surface area contributed by atoms with Gasteiger partial charge in [0, 0.05) is 15.7 Å². The minimum Gasteiger partial charge on any atom is -0.325 e. The normalized spacial score (nSPS) is 11.1. The Bertz CT molecular complexity index is 1100. The van der Waals surface area contributed by atoms with Crippen molar-refractivity contribution in [3.05, 3.63) is 88.4 Å². The number of carbonyl (C=O) groups excluding carboxylic acids is 1. The second-order valence-electron chi connectivity index (χ2n) is 6.37. The third kappa shape index (κ3) is 5.29. The molecule has 0 radical (unpaired) electrons. The molecule has 0 unspecified atom stereocenters. The Morgan fingerprint density at radius 1 is 0.931 bits per heavy atom. The summed E-state index contributed by atoms with van der Waals surface area (Å²) >= 11 is 12.1. The van der Waals surface area contributed by atoms with Crippen molar-refractivity contribution in [2.24, 2.45) is 0 Å². The van der Waals surface area contributed by atoms with E-state index in [0.29, 0.717) is 5.69 Å². The molecule has 0 saturated carbocycles. The number of nitrogens with zero attached hydrogens (tertiary/aromatic N) is 1. The molecule has 5 nitrogen and oxygen atoms in total. The first-order valence-electron chi connectivity index (χ1n) is 8.66. The van der Waals surface area contributed by atoms with Crippen molar-refractivity contribution in [1.82, 2.24) is 0 Å². The first-order valence-corrected chi connectivity index (χ1v) is 10.9. The summed E-state index contributed by atoms with van der Waals surface area (Å²) in [5.41, 5.74) is 1.68. The Kier molecular flexibility index (Phi) is 6.47. The van der Waals surface area contributed by atoms with Gasteiger partial charge in [0.15, 0.2) is 0 Å². The van der Waals surface area contributed by atoms with Gasteiger partial charge in [0.2, 0.25) is 5.91 Å². The Balaban J connectivity index is 1.99. The highest BCUT2D eigenvalue weighted by Gasteiger charge is 2.27. The Morgan fingerprint density at radius 3 is 2.10 bits per heavy atom. The molecule has 3 aromatic rings. The molecule has 0 aromatic heterocycles. The van der Waals surface area contributed by atoms with Crippen LogP contribution in [0, 0.1) is 6.92 Å². The molecule has 0 aliphatic heterocycles. The van der Waals surface area contributed by atoms with Crippen molar-refractivity contribution in [1.29, 1.82) is 0 Å². The summed E-state index contributed by atoms with van der Waals surface area (Å²) in [6.07, 6.45) is 0. The third-order valence-corrected chi connectivity index (χ3v) is 6.31. The minimum atomic E-state index is -4.04. The maximum atomic E-state index is 13.3. The number of sulfonamides is 1. The second-order valence-corrected chi connectivity index (χ2v) is 9.10. The van der Waals surface area contributed by atoms with Crippen molar-refractivity contribution in [3.8, 4) is 0 Å². The summed E-state index contributed by atoms with van der Waals surface area (Å²) < 4.78 is 27.6. The first kappa shape index (κ1) is 21.2. The highest BCUT2D eigenvalue weighted by Crippen LogP contribution is 2.29. The molecule has 0 saturated heterocycles. The monoisotopic (exact) mass is 448 g/mol. The average molecular weight is 449 g/mol. The molecule has 8 heteroatoms. The van der Waals surface area contributed by atoms with Crippen LogP contribution in [0.2, 0.25) is 10.0 Å². The topological polar surface area (TPSA) is 66.5 Å². The molecule has 0 heterocycles. The molecule has 3 rings (SSSR count). The number of hydrogen-bond acceptors (Lipinski definition) is 3. The highest BCUT2D eigenvalue weighted by atomic mass is 35.5. The smallest absolute Gasteiger partial charge is 0.264 e. The maximum Gasteiger partial charge on any atom is 0.264 e. The molecule has 1 N–H and O–H groups in total. The van der Waals surface area contributed by atoms with E-state index in [1.807, 2.05) is 13.0 Å². The fourth-order valence-corrected chi connectivity index (χ4v) is 4.61. The lowest BCUT2D eigenvalue weighted by molar-refractivity contribution is -0.114. The molecule has 150 valence electrons. The fourth-order valence-electron chi connectivity index (χ4n) is 2.69. The molecule has 29 heavy (non-hydrogen) atoms. The Hall–Kier alpha value is -2.54. The summed E-state index contributed by atoms with van der Waals surface area (Å²) in [7, 11) is -4.04. The fraction of sp³-hybridized carbons (Fsp3) is 0.0952. The summed E-state index contributed by atoms with van der Waals surface area (Å²) in [6.45, 7) is 1.42. The summed E-state index contributed by atoms with van der Waals surface area (Å²) in [4.78, 5) is 12.7. The second kappa shape index (κ2) is 8.86. The van der Waals surface area contributed by atoms with E-state index in [2.05, 4.69) is 5.32 Å². The lowest BCUT2D eigenvalue weighted by Crippen LogP contribution is -2.38. The Labute approximate surface area is 179 Å². The zero-order valence-electron chi connectivity index (χ0n) is 15.5. The standard InChI is InChI=1S/C21H18Cl2N2O3S/c1-15-7-9-20(10-8-15)29(27,28)25(19-12-16(22)11-17(23)13-19)14-21(26)24-18-5-3-2-4-6-18/h2-13H,14H2,1H3,(H,24,26). The van der Waals surface area contributed by atoms with Crippen LogP contribution in [0.15, 0.2) is 77.7 Å². The van der Waals surface area contributed by atoms with Crippen molar-refractivity contribution in [2.45, 2.75) is 11.8 Å². The minimum absolute atomic E-state index is 0.0618. The average Bonchev–Trinajstić information content (AvgIpc) is 2.66. The number of aryl methyl sites for hydroxylation is 1. The van der Waals surface area contributed by atoms with Gasteiger partial charge in [0.1, 0.15) is 6.54 Å². The van der Waals surface area contributed by atoms with Crippen LogP contribution in [0.1, 0.15) is 5.56 Å². The van der Waals surface area contributed by atoms with Gasteiger partial charge in [0.05, 0.1) is 10.6 Å². The number of benzene rings is 3. The van der Waals surface area contributed by atoms with E-state index >= 15 is 0 Å². The van der Waals surface area contributed by atoms with Crippen LogP contribution in [-0.2, 0) is 14.8 Å². The van der Waals surface area contributed by atoms with Gasteiger partial charge in [-0.1, -0.05) is 59.1 Å². The molecular weight excluding hydrogens is 431 g/mol. The molecular formula is C21H18Cl2N2O3S. The third-order valence-electron chi connectivity index (χ3n) is 4.09. The number of nitrogens with one attached hydrogen (secondary N) is 1. The number of amides is 1. The van der Waals surface area contributed by atoms with Gasteiger partial charge < -0.3 is 5.32 Å². The van der Waals surface area contributed by atoms with Crippen LogP contribution < -0.4 is 9.62 Å². The lowest BCUT2D eigenvalue weighted by atomic mass is 10.2. The number of carbonyl (C=O) groups is 1. The van der Waals surface area contributed by atoms with Crippen molar-refractivity contribution < 1.29 is 13.2 Å². The molecule has 0 atom stereocenters. The van der Waals surface area contributed by atoms with Crippen molar-refractivity contribution in [2.75, 3.05) is 16.2 Å². The van der Waals surface area contributed by atoms with Gasteiger partial charge in [-0.3, -0.25) is 9.10 Å². The number of halogens is 2. The van der Waals surface area contributed by atoms with Crippen molar-refractivity contribution in [3.63, 3.8) is 0 Å². The van der Waals surface area contributed by atoms with E-state index in [1.54, 1.807) is 36.4 Å². The number of rotatable bonds is 6. The summed E-state index contributed by atoms with van der Waals surface area (Å²) in [6, 6.07) is 19.6. The van der Waals surface area contributed by atoms with E-state index in [-0.39, 0.29) is 20.6 Å². The maximum absolute atomic E-state index is 13.3. The largest absolute Gasteiger partial charge is 0.325 e. The molecule has 3 aromatic carbocycles. The zero-order chi connectivity index (χ0) is 21.0. The summed E-state index contributed by atoms with van der Waals surface area (Å²) in [5.74, 6) is -0.497. The molecule has 0 bridgehead atoms. The molecule has 0 aliphatic rings. The van der Waals surface area contributed by atoms with E-state index in [4.69, 9.17) is 23.2 Å². The van der Waals surface area contributed by atoms with Gasteiger partial charge in [-0.15, -0.1) is 0 Å². The van der Waals surface area contributed by atoms with Gasteiger partial charge in [-0.2, -0.15) is 0 Å². The highest BCUT2D eigenvalue weighted by molar-refractivity contribution is 7.92. The predicted octanol–water partition coefficient (Wildman–Crippen LogP) is 5.14. The first-order chi connectivity index (χ1) is 13.8. The van der Waals surface area contributed by atoms with Crippen LogP contribution in [0.3, 0.4) is 0 Å². The zero-order valence-corrected chi connectivity index (χ0v) is 17.8. The van der Waals surface area contributed by atoms with E-state index < -0.39 is 22.5 Å². The number of anilines is 2. The molecule has 0 aliphatic carbocycles.